The largest absolute Gasteiger partial charge is 0.479 e. The molecule has 2 bridgehead atoms. The molecule has 19 heavy (non-hydrogen) atoms. The minimum Gasteiger partial charge on any atom is -0.479 e. The lowest BCUT2D eigenvalue weighted by atomic mass is 9.78. The Hall–Kier alpha value is -1.55. The van der Waals surface area contributed by atoms with E-state index in [1.807, 2.05) is 31.2 Å². The molecule has 2 aliphatic rings. The van der Waals surface area contributed by atoms with E-state index in [9.17, 15) is 9.90 Å². The van der Waals surface area contributed by atoms with Gasteiger partial charge < -0.3 is 15.3 Å². The molecule has 2 N–H and O–H groups in total. The molecule has 3 unspecified atom stereocenters. The summed E-state index contributed by atoms with van der Waals surface area (Å²) < 4.78 is 0. The highest BCUT2D eigenvalue weighted by molar-refractivity contribution is 5.83. The van der Waals surface area contributed by atoms with Gasteiger partial charge >= 0.3 is 5.97 Å². The van der Waals surface area contributed by atoms with Crippen LogP contribution in [0.5, 0.6) is 0 Å². The third-order valence-electron chi connectivity index (χ3n) is 4.56. The quantitative estimate of drug-likeness (QED) is 0.872. The van der Waals surface area contributed by atoms with Gasteiger partial charge in [0.2, 0.25) is 0 Å². The average Bonchev–Trinajstić information content (AvgIpc) is 2.77. The number of hydrogen-bond acceptors (Lipinski definition) is 3. The van der Waals surface area contributed by atoms with E-state index >= 15 is 0 Å². The third kappa shape index (κ3) is 2.10. The maximum Gasteiger partial charge on any atom is 0.329 e. The maximum absolute atomic E-state index is 11.9. The summed E-state index contributed by atoms with van der Waals surface area (Å²) in [6.45, 7) is 4.85. The minimum absolute atomic E-state index is 0.208. The number of carboxylic acid groups (broad SMARTS) is 1. The number of piperidine rings is 1. The van der Waals surface area contributed by atoms with Crippen molar-refractivity contribution in [1.82, 2.24) is 4.90 Å². The SMILES string of the molecule is Cc1cccc(NC2(C(=O)O)CCN3CCC2C3)c1. The van der Waals surface area contributed by atoms with Crippen molar-refractivity contribution in [2.75, 3.05) is 25.0 Å². The Bertz CT molecular complexity index is 503. The van der Waals surface area contributed by atoms with E-state index in [1.54, 1.807) is 0 Å². The first-order valence-corrected chi connectivity index (χ1v) is 6.91. The van der Waals surface area contributed by atoms with Gasteiger partial charge in [0, 0.05) is 24.7 Å². The zero-order valence-corrected chi connectivity index (χ0v) is 11.2. The van der Waals surface area contributed by atoms with Gasteiger partial charge in [-0.15, -0.1) is 0 Å². The molecule has 3 rings (SSSR count). The number of nitrogens with one attached hydrogen (secondary N) is 1. The summed E-state index contributed by atoms with van der Waals surface area (Å²) in [4.78, 5) is 14.2. The average molecular weight is 260 g/mol. The molecule has 0 saturated carbocycles. The zero-order chi connectivity index (χ0) is 13.5. The van der Waals surface area contributed by atoms with Crippen LogP contribution in [-0.2, 0) is 4.79 Å². The Labute approximate surface area is 113 Å². The van der Waals surface area contributed by atoms with Gasteiger partial charge in [0.1, 0.15) is 5.54 Å². The molecule has 2 fully saturated rings. The number of carbonyl (C=O) groups is 1. The van der Waals surface area contributed by atoms with E-state index in [0.717, 1.165) is 37.3 Å². The molecule has 2 saturated heterocycles. The van der Waals surface area contributed by atoms with Gasteiger partial charge in [0.05, 0.1) is 0 Å². The van der Waals surface area contributed by atoms with Crippen molar-refractivity contribution in [2.45, 2.75) is 25.3 Å². The molecule has 0 amide bonds. The van der Waals surface area contributed by atoms with E-state index in [2.05, 4.69) is 10.2 Å². The first-order chi connectivity index (χ1) is 9.10. The molecule has 3 atom stereocenters. The van der Waals surface area contributed by atoms with Gasteiger partial charge in [-0.1, -0.05) is 12.1 Å². The van der Waals surface area contributed by atoms with E-state index in [-0.39, 0.29) is 5.92 Å². The van der Waals surface area contributed by atoms with Crippen molar-refractivity contribution in [3.8, 4) is 0 Å². The second kappa shape index (κ2) is 4.53. The highest BCUT2D eigenvalue weighted by Gasteiger charge is 2.51. The summed E-state index contributed by atoms with van der Waals surface area (Å²) >= 11 is 0. The van der Waals surface area contributed by atoms with Crippen molar-refractivity contribution in [3.63, 3.8) is 0 Å². The smallest absolute Gasteiger partial charge is 0.329 e. The number of rotatable bonds is 3. The van der Waals surface area contributed by atoms with Crippen LogP contribution in [0, 0.1) is 12.8 Å². The Morgan fingerprint density at radius 2 is 2.32 bits per heavy atom. The predicted molar refractivity (Wildman–Crippen MR) is 74.3 cm³/mol. The molecule has 0 aromatic heterocycles. The van der Waals surface area contributed by atoms with E-state index < -0.39 is 11.5 Å². The molecular weight excluding hydrogens is 240 g/mol. The van der Waals surface area contributed by atoms with E-state index in [1.165, 1.54) is 0 Å². The lowest BCUT2D eigenvalue weighted by Crippen LogP contribution is -2.57. The van der Waals surface area contributed by atoms with Crippen LogP contribution in [-0.4, -0.2) is 41.1 Å². The Kier molecular flexibility index (Phi) is 2.97. The zero-order valence-electron chi connectivity index (χ0n) is 11.2. The first kappa shape index (κ1) is 12.5. The number of anilines is 1. The van der Waals surface area contributed by atoms with Crippen molar-refractivity contribution >= 4 is 11.7 Å². The van der Waals surface area contributed by atoms with Crippen LogP contribution in [0.2, 0.25) is 0 Å². The molecule has 1 aromatic rings. The fourth-order valence-electron chi connectivity index (χ4n) is 3.46. The molecule has 4 nitrogen and oxygen atoms in total. The van der Waals surface area contributed by atoms with Crippen LogP contribution >= 0.6 is 0 Å². The Morgan fingerprint density at radius 3 is 3.05 bits per heavy atom. The third-order valence-corrected chi connectivity index (χ3v) is 4.56. The van der Waals surface area contributed by atoms with Crippen molar-refractivity contribution in [3.05, 3.63) is 29.8 Å². The number of nitrogens with zero attached hydrogens (tertiary/aromatic N) is 1. The summed E-state index contributed by atoms with van der Waals surface area (Å²) in [5, 5.41) is 13.1. The normalized spacial score (nSPS) is 33.1. The fourth-order valence-corrected chi connectivity index (χ4v) is 3.46. The van der Waals surface area contributed by atoms with E-state index in [4.69, 9.17) is 0 Å². The van der Waals surface area contributed by atoms with Crippen LogP contribution in [0.4, 0.5) is 5.69 Å². The highest BCUT2D eigenvalue weighted by Crippen LogP contribution is 2.38. The summed E-state index contributed by atoms with van der Waals surface area (Å²) in [5.41, 5.74) is 1.28. The van der Waals surface area contributed by atoms with Gasteiger partial charge in [-0.25, -0.2) is 4.79 Å². The number of carboxylic acids is 1. The van der Waals surface area contributed by atoms with Crippen LogP contribution < -0.4 is 5.32 Å². The van der Waals surface area contributed by atoms with Gasteiger partial charge in [-0.2, -0.15) is 0 Å². The van der Waals surface area contributed by atoms with Crippen molar-refractivity contribution < 1.29 is 9.90 Å². The Balaban J connectivity index is 1.91. The highest BCUT2D eigenvalue weighted by atomic mass is 16.4. The molecule has 4 heteroatoms. The van der Waals surface area contributed by atoms with E-state index in [0.29, 0.717) is 6.42 Å². The number of aliphatic carboxylic acids is 1. The number of fused-ring (bicyclic) bond motifs is 2. The standard InChI is InChI=1S/C15H20N2O2/c1-11-3-2-4-13(9-11)16-15(14(18)19)6-8-17-7-5-12(15)10-17/h2-4,9,12,16H,5-8,10H2,1H3,(H,18,19). The predicted octanol–water partition coefficient (Wildman–Crippen LogP) is 1.96. The number of benzene rings is 1. The molecule has 0 radical (unpaired) electrons. The molecule has 0 spiro atoms. The number of hydrogen-bond donors (Lipinski definition) is 2. The topological polar surface area (TPSA) is 52.6 Å². The second-order valence-electron chi connectivity index (χ2n) is 5.81. The molecular formula is C15H20N2O2. The second-order valence-corrected chi connectivity index (χ2v) is 5.81. The van der Waals surface area contributed by atoms with Crippen LogP contribution in [0.25, 0.3) is 0 Å². The maximum atomic E-state index is 11.9. The first-order valence-electron chi connectivity index (χ1n) is 6.91. The minimum atomic E-state index is -0.791. The fraction of sp³-hybridized carbons (Fsp3) is 0.533. The van der Waals surface area contributed by atoms with Crippen LogP contribution in [0.1, 0.15) is 18.4 Å². The molecule has 1 aromatic carbocycles. The molecule has 2 aliphatic heterocycles. The Morgan fingerprint density at radius 1 is 1.47 bits per heavy atom. The summed E-state index contributed by atoms with van der Waals surface area (Å²) in [6.07, 6.45) is 1.66. The van der Waals surface area contributed by atoms with Crippen LogP contribution in [0.3, 0.4) is 0 Å². The van der Waals surface area contributed by atoms with Crippen molar-refractivity contribution in [1.29, 1.82) is 0 Å². The number of aryl methyl sites for hydroxylation is 1. The van der Waals surface area contributed by atoms with Crippen molar-refractivity contribution in [2.24, 2.45) is 5.92 Å². The molecule has 2 heterocycles. The van der Waals surface area contributed by atoms with Gasteiger partial charge in [-0.05, 0) is 44.0 Å². The molecule has 0 aliphatic carbocycles. The summed E-state index contributed by atoms with van der Waals surface area (Å²) in [6, 6.07) is 7.97. The monoisotopic (exact) mass is 260 g/mol. The van der Waals surface area contributed by atoms with Crippen LogP contribution in [0.15, 0.2) is 24.3 Å². The lowest BCUT2D eigenvalue weighted by Gasteiger charge is -2.40. The lowest BCUT2D eigenvalue weighted by molar-refractivity contribution is -0.145. The molecule has 102 valence electrons. The summed E-state index contributed by atoms with van der Waals surface area (Å²) in [5.74, 6) is -0.500. The van der Waals surface area contributed by atoms with Gasteiger partial charge in [-0.3, -0.25) is 0 Å². The van der Waals surface area contributed by atoms with Gasteiger partial charge in [0.15, 0.2) is 0 Å². The summed E-state index contributed by atoms with van der Waals surface area (Å²) in [7, 11) is 0. The van der Waals surface area contributed by atoms with Gasteiger partial charge in [0.25, 0.3) is 0 Å².